The third kappa shape index (κ3) is 4.83. The van der Waals surface area contributed by atoms with E-state index in [4.69, 9.17) is 4.74 Å². The van der Waals surface area contributed by atoms with Gasteiger partial charge < -0.3 is 15.0 Å². The highest BCUT2D eigenvalue weighted by Crippen LogP contribution is 2.22. The molecule has 0 aliphatic carbocycles. The number of nitrogens with one attached hydrogen (secondary N) is 1. The van der Waals surface area contributed by atoms with E-state index in [0.29, 0.717) is 12.3 Å². The lowest BCUT2D eigenvalue weighted by Gasteiger charge is -2.11. The first-order valence-electron chi connectivity index (χ1n) is 8.35. The summed E-state index contributed by atoms with van der Waals surface area (Å²) in [6.45, 7) is 0. The Bertz CT molecular complexity index is 845. The molecule has 1 aromatic heterocycles. The zero-order valence-corrected chi connectivity index (χ0v) is 14.8. The predicted octanol–water partition coefficient (Wildman–Crippen LogP) is 4.25. The Kier molecular flexibility index (Phi) is 5.49. The van der Waals surface area contributed by atoms with Gasteiger partial charge in [-0.05, 0) is 35.9 Å². The van der Waals surface area contributed by atoms with Gasteiger partial charge in [0.05, 0.1) is 18.3 Å². The molecule has 2 aromatic carbocycles. The lowest BCUT2D eigenvalue weighted by atomic mass is 10.1. The first-order valence-corrected chi connectivity index (χ1v) is 8.35. The van der Waals surface area contributed by atoms with Crippen molar-refractivity contribution in [2.75, 3.05) is 19.4 Å². The number of nitrogens with zero attached hydrogens (tertiary/aromatic N) is 2. The SMILES string of the molecule is CN(C)C(=O)Cc1ccc(Nc2ccc(Oc3ccccc3)nc2)cc1. The second-order valence-electron chi connectivity index (χ2n) is 6.09. The number of benzene rings is 2. The summed E-state index contributed by atoms with van der Waals surface area (Å²) in [6, 6.07) is 21.1. The molecule has 1 N–H and O–H groups in total. The molecule has 5 heteroatoms. The van der Waals surface area contributed by atoms with Gasteiger partial charge >= 0.3 is 0 Å². The fourth-order valence-corrected chi connectivity index (χ4v) is 2.33. The van der Waals surface area contributed by atoms with Crippen LogP contribution in [-0.2, 0) is 11.2 Å². The molecule has 1 heterocycles. The van der Waals surface area contributed by atoms with Gasteiger partial charge in [-0.3, -0.25) is 4.79 Å². The van der Waals surface area contributed by atoms with Gasteiger partial charge in [0.2, 0.25) is 11.8 Å². The van der Waals surface area contributed by atoms with E-state index in [2.05, 4.69) is 10.3 Å². The topological polar surface area (TPSA) is 54.5 Å². The van der Waals surface area contributed by atoms with E-state index in [1.165, 1.54) is 0 Å². The number of anilines is 2. The van der Waals surface area contributed by atoms with Crippen LogP contribution in [0.4, 0.5) is 11.4 Å². The van der Waals surface area contributed by atoms with Crippen molar-refractivity contribution in [2.24, 2.45) is 0 Å². The first kappa shape index (κ1) is 17.5. The van der Waals surface area contributed by atoms with Crippen molar-refractivity contribution >= 4 is 17.3 Å². The molecular formula is C21H21N3O2. The van der Waals surface area contributed by atoms with Crippen LogP contribution in [0.25, 0.3) is 0 Å². The Morgan fingerprint density at radius 2 is 1.65 bits per heavy atom. The van der Waals surface area contributed by atoms with Crippen LogP contribution in [0.3, 0.4) is 0 Å². The Labute approximate surface area is 153 Å². The number of hydrogen-bond acceptors (Lipinski definition) is 4. The molecule has 0 aliphatic rings. The third-order valence-corrected chi connectivity index (χ3v) is 3.80. The van der Waals surface area contributed by atoms with Crippen molar-refractivity contribution in [3.63, 3.8) is 0 Å². The van der Waals surface area contributed by atoms with Gasteiger partial charge in [0.25, 0.3) is 0 Å². The average molecular weight is 347 g/mol. The number of carbonyl (C=O) groups excluding carboxylic acids is 1. The first-order chi connectivity index (χ1) is 12.6. The van der Waals surface area contributed by atoms with E-state index < -0.39 is 0 Å². The number of hydrogen-bond donors (Lipinski definition) is 1. The molecule has 0 aliphatic heterocycles. The van der Waals surface area contributed by atoms with Gasteiger partial charge in [0.1, 0.15) is 5.75 Å². The Morgan fingerprint density at radius 1 is 0.962 bits per heavy atom. The molecular weight excluding hydrogens is 326 g/mol. The number of carbonyl (C=O) groups is 1. The minimum atomic E-state index is 0.0870. The standard InChI is InChI=1S/C21H21N3O2/c1-24(2)21(25)14-16-8-10-17(11-9-16)23-18-12-13-20(22-15-18)26-19-6-4-3-5-7-19/h3-13,15,23H,14H2,1-2H3. The highest BCUT2D eigenvalue weighted by Gasteiger charge is 2.05. The van der Waals surface area contributed by atoms with E-state index in [-0.39, 0.29) is 5.91 Å². The Morgan fingerprint density at radius 3 is 2.27 bits per heavy atom. The molecule has 0 fully saturated rings. The Balaban J connectivity index is 1.59. The van der Waals surface area contributed by atoms with Gasteiger partial charge in [-0.2, -0.15) is 0 Å². The van der Waals surface area contributed by atoms with Crippen molar-refractivity contribution in [2.45, 2.75) is 6.42 Å². The maximum atomic E-state index is 11.7. The number of pyridine rings is 1. The van der Waals surface area contributed by atoms with E-state index in [1.54, 1.807) is 25.2 Å². The summed E-state index contributed by atoms with van der Waals surface area (Å²) >= 11 is 0. The largest absolute Gasteiger partial charge is 0.439 e. The van der Waals surface area contributed by atoms with Gasteiger partial charge in [-0.25, -0.2) is 4.98 Å². The van der Waals surface area contributed by atoms with Gasteiger partial charge in [0, 0.05) is 25.8 Å². The molecule has 1 amide bonds. The minimum Gasteiger partial charge on any atom is -0.439 e. The maximum absolute atomic E-state index is 11.7. The van der Waals surface area contributed by atoms with Gasteiger partial charge in [-0.15, -0.1) is 0 Å². The second kappa shape index (κ2) is 8.16. The zero-order chi connectivity index (χ0) is 18.4. The third-order valence-electron chi connectivity index (χ3n) is 3.80. The van der Waals surface area contributed by atoms with Crippen LogP contribution in [0.15, 0.2) is 72.9 Å². The van der Waals surface area contributed by atoms with Crippen LogP contribution in [0, 0.1) is 0 Å². The molecule has 5 nitrogen and oxygen atoms in total. The van der Waals surface area contributed by atoms with Crippen LogP contribution in [0.1, 0.15) is 5.56 Å². The fourth-order valence-electron chi connectivity index (χ4n) is 2.33. The van der Waals surface area contributed by atoms with E-state index in [9.17, 15) is 4.79 Å². The lowest BCUT2D eigenvalue weighted by Crippen LogP contribution is -2.23. The quantitative estimate of drug-likeness (QED) is 0.724. The molecule has 0 spiro atoms. The summed E-state index contributed by atoms with van der Waals surface area (Å²) in [7, 11) is 3.52. The van der Waals surface area contributed by atoms with Gasteiger partial charge in [-0.1, -0.05) is 30.3 Å². The van der Waals surface area contributed by atoms with Crippen LogP contribution < -0.4 is 10.1 Å². The van der Waals surface area contributed by atoms with Crippen LogP contribution >= 0.6 is 0 Å². The zero-order valence-electron chi connectivity index (χ0n) is 14.8. The second-order valence-corrected chi connectivity index (χ2v) is 6.09. The minimum absolute atomic E-state index is 0.0870. The number of likely N-dealkylation sites (N-methyl/N-ethyl adjacent to an activating group) is 1. The highest BCUT2D eigenvalue weighted by molar-refractivity contribution is 5.78. The molecule has 0 saturated carbocycles. The molecule has 0 radical (unpaired) electrons. The van der Waals surface area contributed by atoms with Crippen molar-refractivity contribution in [3.05, 3.63) is 78.5 Å². The molecule has 0 bridgehead atoms. The summed E-state index contributed by atoms with van der Waals surface area (Å²) in [5.41, 5.74) is 2.78. The predicted molar refractivity (Wildman–Crippen MR) is 103 cm³/mol. The molecule has 0 unspecified atom stereocenters. The summed E-state index contributed by atoms with van der Waals surface area (Å²) in [5, 5.41) is 3.28. The molecule has 132 valence electrons. The number of amides is 1. The summed E-state index contributed by atoms with van der Waals surface area (Å²) in [4.78, 5) is 17.6. The summed E-state index contributed by atoms with van der Waals surface area (Å²) in [6.07, 6.45) is 2.13. The van der Waals surface area contributed by atoms with E-state index in [1.807, 2.05) is 66.7 Å². The molecule has 3 rings (SSSR count). The molecule has 0 atom stereocenters. The van der Waals surface area contributed by atoms with Crippen molar-refractivity contribution < 1.29 is 9.53 Å². The van der Waals surface area contributed by atoms with Crippen molar-refractivity contribution in [3.8, 4) is 11.6 Å². The average Bonchev–Trinajstić information content (AvgIpc) is 2.66. The smallest absolute Gasteiger partial charge is 0.226 e. The van der Waals surface area contributed by atoms with Crippen LogP contribution in [0.2, 0.25) is 0 Å². The van der Waals surface area contributed by atoms with E-state index >= 15 is 0 Å². The fraction of sp³-hybridized carbons (Fsp3) is 0.143. The maximum Gasteiger partial charge on any atom is 0.226 e. The van der Waals surface area contributed by atoms with Gasteiger partial charge in [0.15, 0.2) is 0 Å². The van der Waals surface area contributed by atoms with E-state index in [0.717, 1.165) is 22.7 Å². The Hall–Kier alpha value is -3.34. The molecule has 0 saturated heterocycles. The number of aromatic nitrogens is 1. The summed E-state index contributed by atoms with van der Waals surface area (Å²) in [5.74, 6) is 1.38. The number of ether oxygens (including phenoxy) is 1. The number of para-hydroxylation sites is 1. The van der Waals surface area contributed by atoms with Crippen LogP contribution in [0.5, 0.6) is 11.6 Å². The molecule has 3 aromatic rings. The lowest BCUT2D eigenvalue weighted by molar-refractivity contribution is -0.127. The highest BCUT2D eigenvalue weighted by atomic mass is 16.5. The normalized spacial score (nSPS) is 10.2. The summed E-state index contributed by atoms with van der Waals surface area (Å²) < 4.78 is 5.68. The van der Waals surface area contributed by atoms with Crippen LogP contribution in [-0.4, -0.2) is 29.9 Å². The number of rotatable bonds is 6. The monoisotopic (exact) mass is 347 g/mol. The van der Waals surface area contributed by atoms with Crippen molar-refractivity contribution in [1.82, 2.24) is 9.88 Å². The van der Waals surface area contributed by atoms with Crippen molar-refractivity contribution in [1.29, 1.82) is 0 Å². The molecule has 26 heavy (non-hydrogen) atoms.